The molecule has 1 rings (SSSR count). The van der Waals surface area contributed by atoms with Gasteiger partial charge in [0.25, 0.3) is 0 Å². The molecule has 1 aromatic rings. The molecule has 0 N–H and O–H groups in total. The molecule has 0 radical (unpaired) electrons. The van der Waals surface area contributed by atoms with E-state index in [1.54, 1.807) is 14.2 Å². The van der Waals surface area contributed by atoms with Crippen molar-refractivity contribution in [2.75, 3.05) is 14.2 Å². The van der Waals surface area contributed by atoms with Crippen molar-refractivity contribution in [2.24, 2.45) is 0 Å². The van der Waals surface area contributed by atoms with Crippen LogP contribution in [0.2, 0.25) is 0 Å². The van der Waals surface area contributed by atoms with Crippen LogP contribution in [-0.4, -0.2) is 14.2 Å². The highest BCUT2D eigenvalue weighted by Crippen LogP contribution is 2.32. The summed E-state index contributed by atoms with van der Waals surface area (Å²) in [6.45, 7) is 3.82. The zero-order chi connectivity index (χ0) is 12.1. The summed E-state index contributed by atoms with van der Waals surface area (Å²) in [6.07, 6.45) is 1.50. The van der Waals surface area contributed by atoms with E-state index in [1.165, 1.54) is 6.08 Å². The second-order valence-corrected chi connectivity index (χ2v) is 3.46. The van der Waals surface area contributed by atoms with Crippen LogP contribution in [0.25, 0.3) is 5.57 Å². The van der Waals surface area contributed by atoms with Gasteiger partial charge < -0.3 is 9.47 Å². The molecule has 0 aliphatic rings. The van der Waals surface area contributed by atoms with Gasteiger partial charge in [-0.1, -0.05) is 0 Å². The van der Waals surface area contributed by atoms with Crippen LogP contribution in [0, 0.1) is 18.3 Å². The molecular formula is C13H15NO2. The maximum atomic E-state index is 8.62. The summed E-state index contributed by atoms with van der Waals surface area (Å²) in [4.78, 5) is 0. The van der Waals surface area contributed by atoms with Gasteiger partial charge in [0.15, 0.2) is 0 Å². The lowest BCUT2D eigenvalue weighted by Gasteiger charge is -2.12. The Balaban J connectivity index is 3.34. The third kappa shape index (κ3) is 2.34. The number of ether oxygens (including phenoxy) is 2. The summed E-state index contributed by atoms with van der Waals surface area (Å²) < 4.78 is 10.5. The summed E-state index contributed by atoms with van der Waals surface area (Å²) in [5.74, 6) is 1.53. The Morgan fingerprint density at radius 2 is 1.75 bits per heavy atom. The Bertz CT molecular complexity index is 430. The van der Waals surface area contributed by atoms with Crippen molar-refractivity contribution in [1.82, 2.24) is 0 Å². The fraction of sp³-hybridized carbons (Fsp3) is 0.308. The van der Waals surface area contributed by atoms with Gasteiger partial charge in [-0.15, -0.1) is 0 Å². The molecule has 3 heteroatoms. The molecular weight excluding hydrogens is 202 g/mol. The average molecular weight is 217 g/mol. The second-order valence-electron chi connectivity index (χ2n) is 3.46. The van der Waals surface area contributed by atoms with E-state index < -0.39 is 0 Å². The molecule has 0 spiro atoms. The van der Waals surface area contributed by atoms with Crippen molar-refractivity contribution in [2.45, 2.75) is 13.8 Å². The van der Waals surface area contributed by atoms with Gasteiger partial charge in [0.1, 0.15) is 11.5 Å². The Morgan fingerprint density at radius 1 is 1.25 bits per heavy atom. The molecule has 0 atom stereocenters. The SMILES string of the molecule is COc1cc(/C(C)=C/C#N)cc(OC)c1C. The quantitative estimate of drug-likeness (QED) is 0.731. The Labute approximate surface area is 95.9 Å². The van der Waals surface area contributed by atoms with Gasteiger partial charge >= 0.3 is 0 Å². The van der Waals surface area contributed by atoms with Gasteiger partial charge in [-0.05, 0) is 37.1 Å². The van der Waals surface area contributed by atoms with Crippen LogP contribution in [0.5, 0.6) is 11.5 Å². The van der Waals surface area contributed by atoms with Gasteiger partial charge in [0.2, 0.25) is 0 Å². The molecule has 0 saturated heterocycles. The van der Waals surface area contributed by atoms with Crippen LogP contribution >= 0.6 is 0 Å². The zero-order valence-electron chi connectivity index (χ0n) is 10.00. The van der Waals surface area contributed by atoms with Crippen molar-refractivity contribution < 1.29 is 9.47 Å². The number of hydrogen-bond donors (Lipinski definition) is 0. The molecule has 0 fully saturated rings. The number of rotatable bonds is 3. The third-order valence-electron chi connectivity index (χ3n) is 2.49. The number of hydrogen-bond acceptors (Lipinski definition) is 3. The van der Waals surface area contributed by atoms with Crippen LogP contribution in [0.3, 0.4) is 0 Å². The molecule has 0 amide bonds. The van der Waals surface area contributed by atoms with Crippen LogP contribution in [0.15, 0.2) is 18.2 Å². The topological polar surface area (TPSA) is 42.2 Å². The maximum Gasteiger partial charge on any atom is 0.126 e. The van der Waals surface area contributed by atoms with Gasteiger partial charge in [-0.3, -0.25) is 0 Å². The van der Waals surface area contributed by atoms with Gasteiger partial charge in [0.05, 0.1) is 20.3 Å². The first-order valence-electron chi connectivity index (χ1n) is 4.93. The molecule has 0 aliphatic carbocycles. The van der Waals surface area contributed by atoms with Crippen LogP contribution in [-0.2, 0) is 0 Å². The molecule has 0 saturated carbocycles. The second kappa shape index (κ2) is 5.22. The minimum atomic E-state index is 0.764. The summed E-state index contributed by atoms with van der Waals surface area (Å²) in [6, 6.07) is 5.82. The minimum absolute atomic E-state index is 0.764. The maximum absolute atomic E-state index is 8.62. The number of allylic oxidation sites excluding steroid dienone is 2. The summed E-state index contributed by atoms with van der Waals surface area (Å²) in [5, 5.41) is 8.62. The van der Waals surface area contributed by atoms with E-state index in [1.807, 2.05) is 32.0 Å². The predicted molar refractivity (Wildman–Crippen MR) is 63.5 cm³/mol. The standard InChI is InChI=1S/C13H15NO2/c1-9(5-6-14)11-7-12(15-3)10(2)13(8-11)16-4/h5,7-8H,1-4H3/b9-5+. The van der Waals surface area contributed by atoms with Crippen molar-refractivity contribution in [3.8, 4) is 17.6 Å². The van der Waals surface area contributed by atoms with E-state index in [9.17, 15) is 0 Å². The lowest BCUT2D eigenvalue weighted by molar-refractivity contribution is 0.388. The van der Waals surface area contributed by atoms with Crippen molar-refractivity contribution in [3.05, 3.63) is 29.3 Å². The summed E-state index contributed by atoms with van der Waals surface area (Å²) >= 11 is 0. The minimum Gasteiger partial charge on any atom is -0.496 e. The molecule has 0 bridgehead atoms. The van der Waals surface area contributed by atoms with E-state index >= 15 is 0 Å². The zero-order valence-corrected chi connectivity index (χ0v) is 10.00. The van der Waals surface area contributed by atoms with Crippen LogP contribution < -0.4 is 9.47 Å². The molecule has 3 nitrogen and oxygen atoms in total. The first kappa shape index (κ1) is 12.1. The van der Waals surface area contributed by atoms with Crippen molar-refractivity contribution in [1.29, 1.82) is 5.26 Å². The number of methoxy groups -OCH3 is 2. The highest BCUT2D eigenvalue weighted by molar-refractivity contribution is 5.69. The van der Waals surface area contributed by atoms with Crippen molar-refractivity contribution in [3.63, 3.8) is 0 Å². The fourth-order valence-corrected chi connectivity index (χ4v) is 1.49. The van der Waals surface area contributed by atoms with Gasteiger partial charge in [-0.2, -0.15) is 5.26 Å². The van der Waals surface area contributed by atoms with E-state index in [2.05, 4.69) is 0 Å². The van der Waals surface area contributed by atoms with Crippen LogP contribution in [0.4, 0.5) is 0 Å². The third-order valence-corrected chi connectivity index (χ3v) is 2.49. The lowest BCUT2D eigenvalue weighted by atomic mass is 10.0. The molecule has 0 aromatic heterocycles. The number of benzene rings is 1. The largest absolute Gasteiger partial charge is 0.496 e. The first-order chi connectivity index (χ1) is 7.63. The van der Waals surface area contributed by atoms with Crippen LogP contribution in [0.1, 0.15) is 18.1 Å². The molecule has 16 heavy (non-hydrogen) atoms. The van der Waals surface area contributed by atoms with E-state index in [0.717, 1.165) is 28.2 Å². The molecule has 0 unspecified atom stereocenters. The molecule has 0 heterocycles. The van der Waals surface area contributed by atoms with Gasteiger partial charge in [0, 0.05) is 11.6 Å². The Morgan fingerprint density at radius 3 is 2.12 bits per heavy atom. The number of nitrogens with zero attached hydrogens (tertiary/aromatic N) is 1. The number of nitriles is 1. The normalized spacial score (nSPS) is 10.8. The first-order valence-corrected chi connectivity index (χ1v) is 4.93. The van der Waals surface area contributed by atoms with Gasteiger partial charge in [-0.25, -0.2) is 0 Å². The Kier molecular flexibility index (Phi) is 3.96. The monoisotopic (exact) mass is 217 g/mol. The van der Waals surface area contributed by atoms with Crippen molar-refractivity contribution >= 4 is 5.57 Å². The molecule has 0 aliphatic heterocycles. The molecule has 84 valence electrons. The predicted octanol–water partition coefficient (Wildman–Crippen LogP) is 2.94. The molecule has 1 aromatic carbocycles. The van der Waals surface area contributed by atoms with E-state index in [-0.39, 0.29) is 0 Å². The highest BCUT2D eigenvalue weighted by Gasteiger charge is 2.08. The van der Waals surface area contributed by atoms with E-state index in [4.69, 9.17) is 14.7 Å². The highest BCUT2D eigenvalue weighted by atomic mass is 16.5. The summed E-state index contributed by atoms with van der Waals surface area (Å²) in [5.41, 5.74) is 2.78. The lowest BCUT2D eigenvalue weighted by Crippen LogP contribution is -1.94. The smallest absolute Gasteiger partial charge is 0.126 e. The Hall–Kier alpha value is -1.95. The van der Waals surface area contributed by atoms with E-state index in [0.29, 0.717) is 0 Å². The summed E-state index contributed by atoms with van der Waals surface area (Å²) in [7, 11) is 3.24. The average Bonchev–Trinajstić information content (AvgIpc) is 2.29. The fourth-order valence-electron chi connectivity index (χ4n) is 1.49.